The van der Waals surface area contributed by atoms with Gasteiger partial charge in [0, 0.05) is 31.7 Å². The van der Waals surface area contributed by atoms with Crippen molar-refractivity contribution in [3.8, 4) is 0 Å². The van der Waals surface area contributed by atoms with Crippen molar-refractivity contribution in [1.82, 2.24) is 14.7 Å². The van der Waals surface area contributed by atoms with Crippen molar-refractivity contribution in [2.75, 3.05) is 19.6 Å². The van der Waals surface area contributed by atoms with Gasteiger partial charge in [-0.2, -0.15) is 5.10 Å². The lowest BCUT2D eigenvalue weighted by atomic mass is 10.1. The van der Waals surface area contributed by atoms with E-state index in [1.54, 1.807) is 0 Å². The number of nitrogens with two attached hydrogens (primary N) is 1. The average Bonchev–Trinajstić information content (AvgIpc) is 3.03. The van der Waals surface area contributed by atoms with E-state index in [0.29, 0.717) is 24.8 Å². The fourth-order valence-electron chi connectivity index (χ4n) is 3.26. The molecule has 1 unspecified atom stereocenters. The highest BCUT2D eigenvalue weighted by Crippen LogP contribution is 2.19. The first-order valence-electron chi connectivity index (χ1n) is 8.43. The monoisotopic (exact) mass is 306 g/mol. The van der Waals surface area contributed by atoms with Gasteiger partial charge in [0.2, 0.25) is 5.91 Å². The Balaban J connectivity index is 1.94. The van der Waals surface area contributed by atoms with Crippen LogP contribution in [-0.4, -0.2) is 40.2 Å². The van der Waals surface area contributed by atoms with Crippen LogP contribution in [0.1, 0.15) is 43.6 Å². The third-order valence-corrected chi connectivity index (χ3v) is 4.63. The molecular weight excluding hydrogens is 276 g/mol. The molecule has 1 aromatic heterocycles. The van der Waals surface area contributed by atoms with Crippen LogP contribution >= 0.6 is 0 Å². The second-order valence-corrected chi connectivity index (χ2v) is 6.96. The lowest BCUT2D eigenvalue weighted by molar-refractivity contribution is -0.130. The minimum absolute atomic E-state index is 0.256. The fourth-order valence-corrected chi connectivity index (χ4v) is 3.26. The zero-order chi connectivity index (χ0) is 16.3. The van der Waals surface area contributed by atoms with E-state index >= 15 is 0 Å². The summed E-state index contributed by atoms with van der Waals surface area (Å²) < 4.78 is 2.08. The van der Waals surface area contributed by atoms with Crippen LogP contribution < -0.4 is 5.73 Å². The average molecular weight is 306 g/mol. The van der Waals surface area contributed by atoms with Gasteiger partial charge in [-0.25, -0.2) is 0 Å². The Labute approximate surface area is 133 Å². The van der Waals surface area contributed by atoms with Gasteiger partial charge >= 0.3 is 0 Å². The van der Waals surface area contributed by atoms with Crippen molar-refractivity contribution < 1.29 is 4.79 Å². The molecule has 1 aromatic rings. The number of rotatable bonds is 6. The summed E-state index contributed by atoms with van der Waals surface area (Å²) in [5.41, 5.74) is 9.20. The van der Waals surface area contributed by atoms with Gasteiger partial charge in [-0.05, 0) is 50.6 Å². The van der Waals surface area contributed by atoms with Gasteiger partial charge in [-0.3, -0.25) is 9.48 Å². The summed E-state index contributed by atoms with van der Waals surface area (Å²) in [6, 6.07) is 0. The molecule has 1 atom stereocenters. The molecular formula is C17H30N4O. The maximum absolute atomic E-state index is 12.3. The maximum atomic E-state index is 12.3. The third-order valence-electron chi connectivity index (χ3n) is 4.63. The van der Waals surface area contributed by atoms with Gasteiger partial charge in [0.15, 0.2) is 0 Å². The summed E-state index contributed by atoms with van der Waals surface area (Å²) in [4.78, 5) is 14.3. The Kier molecular flexibility index (Phi) is 5.62. The lowest BCUT2D eigenvalue weighted by Gasteiger charge is -2.16. The molecule has 0 radical (unpaired) electrons. The molecule has 0 aliphatic carbocycles. The molecule has 2 heterocycles. The van der Waals surface area contributed by atoms with Crippen LogP contribution in [0, 0.1) is 25.7 Å². The number of hydrogen-bond donors (Lipinski definition) is 1. The maximum Gasteiger partial charge on any atom is 0.222 e. The van der Waals surface area contributed by atoms with Gasteiger partial charge in [0.05, 0.1) is 5.69 Å². The smallest absolute Gasteiger partial charge is 0.222 e. The Morgan fingerprint density at radius 2 is 2.14 bits per heavy atom. The number of carbonyl (C=O) groups excluding carboxylic acids is 1. The highest BCUT2D eigenvalue weighted by Gasteiger charge is 2.25. The number of likely N-dealkylation sites (tertiary alicyclic amines) is 1. The van der Waals surface area contributed by atoms with Crippen LogP contribution in [0.15, 0.2) is 0 Å². The molecule has 5 heteroatoms. The summed E-state index contributed by atoms with van der Waals surface area (Å²) in [6.07, 6.45) is 2.41. The Morgan fingerprint density at radius 1 is 1.41 bits per heavy atom. The molecule has 2 rings (SSSR count). The molecule has 124 valence electrons. The molecule has 2 N–H and O–H groups in total. The van der Waals surface area contributed by atoms with Gasteiger partial charge in [-0.1, -0.05) is 13.8 Å². The summed E-state index contributed by atoms with van der Waals surface area (Å²) in [5.74, 6) is 1.32. The van der Waals surface area contributed by atoms with E-state index in [-0.39, 0.29) is 5.91 Å². The normalized spacial score (nSPS) is 18.5. The lowest BCUT2D eigenvalue weighted by Crippen LogP contribution is -2.30. The molecule has 1 fully saturated rings. The number of carbonyl (C=O) groups is 1. The Hall–Kier alpha value is -1.36. The zero-order valence-electron chi connectivity index (χ0n) is 14.4. The first kappa shape index (κ1) is 17.0. The summed E-state index contributed by atoms with van der Waals surface area (Å²) >= 11 is 0. The van der Waals surface area contributed by atoms with E-state index in [4.69, 9.17) is 5.73 Å². The first-order chi connectivity index (χ1) is 10.4. The van der Waals surface area contributed by atoms with Crippen LogP contribution in [-0.2, 0) is 17.8 Å². The predicted octanol–water partition coefficient (Wildman–Crippen LogP) is 1.90. The van der Waals surface area contributed by atoms with E-state index in [1.807, 2.05) is 11.8 Å². The number of nitrogens with zero attached hydrogens (tertiary/aromatic N) is 3. The largest absolute Gasteiger partial charge is 0.342 e. The van der Waals surface area contributed by atoms with Gasteiger partial charge in [-0.15, -0.1) is 0 Å². The minimum Gasteiger partial charge on any atom is -0.342 e. The quantitative estimate of drug-likeness (QED) is 0.873. The molecule has 0 aromatic carbocycles. The standard InChI is InChI=1S/C17H30N4O/c1-12(2)10-21-14(4)16(13(3)19-21)5-6-17(22)20-8-7-15(9-18)11-20/h12,15H,5-11,18H2,1-4H3. The zero-order valence-corrected chi connectivity index (χ0v) is 14.4. The predicted molar refractivity (Wildman–Crippen MR) is 88.6 cm³/mol. The van der Waals surface area contributed by atoms with Crippen molar-refractivity contribution in [3.05, 3.63) is 17.0 Å². The number of aromatic nitrogens is 2. The highest BCUT2D eigenvalue weighted by molar-refractivity contribution is 5.76. The molecule has 0 saturated carbocycles. The summed E-state index contributed by atoms with van der Waals surface area (Å²) in [7, 11) is 0. The molecule has 5 nitrogen and oxygen atoms in total. The SMILES string of the molecule is Cc1nn(CC(C)C)c(C)c1CCC(=O)N1CCC(CN)C1. The molecule has 1 aliphatic heterocycles. The van der Waals surface area contributed by atoms with E-state index in [1.165, 1.54) is 11.3 Å². The van der Waals surface area contributed by atoms with Crippen molar-refractivity contribution in [2.45, 2.75) is 53.5 Å². The highest BCUT2D eigenvalue weighted by atomic mass is 16.2. The van der Waals surface area contributed by atoms with Crippen LogP contribution in [0.5, 0.6) is 0 Å². The topological polar surface area (TPSA) is 64.2 Å². The van der Waals surface area contributed by atoms with Crippen molar-refractivity contribution in [3.63, 3.8) is 0 Å². The Bertz CT molecular complexity index is 521. The molecule has 22 heavy (non-hydrogen) atoms. The van der Waals surface area contributed by atoms with E-state index in [0.717, 1.165) is 38.2 Å². The molecule has 1 amide bonds. The summed E-state index contributed by atoms with van der Waals surface area (Å²) in [6.45, 7) is 11.9. The second-order valence-electron chi connectivity index (χ2n) is 6.96. The van der Waals surface area contributed by atoms with Gasteiger partial charge < -0.3 is 10.6 Å². The van der Waals surface area contributed by atoms with Crippen molar-refractivity contribution in [1.29, 1.82) is 0 Å². The number of amides is 1. The van der Waals surface area contributed by atoms with Gasteiger partial charge in [0.25, 0.3) is 0 Å². The summed E-state index contributed by atoms with van der Waals surface area (Å²) in [5, 5.41) is 4.63. The fraction of sp³-hybridized carbons (Fsp3) is 0.765. The van der Waals surface area contributed by atoms with Crippen molar-refractivity contribution in [2.24, 2.45) is 17.6 Å². The van der Waals surface area contributed by atoms with Crippen molar-refractivity contribution >= 4 is 5.91 Å². The number of hydrogen-bond acceptors (Lipinski definition) is 3. The molecule has 0 spiro atoms. The van der Waals surface area contributed by atoms with Crippen LogP contribution in [0.2, 0.25) is 0 Å². The third kappa shape index (κ3) is 3.88. The molecule has 0 bridgehead atoms. The van der Waals surface area contributed by atoms with E-state index < -0.39 is 0 Å². The van der Waals surface area contributed by atoms with Crippen LogP contribution in [0.25, 0.3) is 0 Å². The second kappa shape index (κ2) is 7.27. The number of aryl methyl sites for hydroxylation is 1. The molecule has 1 saturated heterocycles. The minimum atomic E-state index is 0.256. The van der Waals surface area contributed by atoms with E-state index in [9.17, 15) is 4.79 Å². The molecule has 1 aliphatic rings. The Morgan fingerprint density at radius 3 is 2.73 bits per heavy atom. The first-order valence-corrected chi connectivity index (χ1v) is 8.43. The van der Waals surface area contributed by atoms with Crippen LogP contribution in [0.4, 0.5) is 0 Å². The van der Waals surface area contributed by atoms with Gasteiger partial charge in [0.1, 0.15) is 0 Å². The van der Waals surface area contributed by atoms with E-state index in [2.05, 4.69) is 30.6 Å². The van der Waals surface area contributed by atoms with Crippen LogP contribution in [0.3, 0.4) is 0 Å².